The summed E-state index contributed by atoms with van der Waals surface area (Å²) >= 11 is 1.98. The molecular weight excluding hydrogens is 220 g/mol. The van der Waals surface area contributed by atoms with Crippen molar-refractivity contribution < 1.29 is 5.11 Å². The van der Waals surface area contributed by atoms with E-state index in [9.17, 15) is 0 Å². The Morgan fingerprint density at radius 1 is 1.12 bits per heavy atom. The third-order valence-electron chi connectivity index (χ3n) is 2.06. The zero-order chi connectivity index (χ0) is 12.1. The highest BCUT2D eigenvalue weighted by Gasteiger charge is 1.91. The lowest BCUT2D eigenvalue weighted by Gasteiger charge is -2.03. The van der Waals surface area contributed by atoms with Crippen molar-refractivity contribution >= 4 is 17.5 Å². The Morgan fingerprint density at radius 3 is 2.56 bits per heavy atom. The van der Waals surface area contributed by atoms with Gasteiger partial charge >= 0.3 is 0 Å². The maximum Gasteiger partial charge on any atom is 0.0513 e. The van der Waals surface area contributed by atoms with Crippen LogP contribution in [0.3, 0.4) is 0 Å². The average molecular weight is 246 g/mol. The molecule has 0 aliphatic rings. The lowest BCUT2D eigenvalue weighted by Crippen LogP contribution is -2.19. The van der Waals surface area contributed by atoms with Gasteiger partial charge in [-0.3, -0.25) is 4.99 Å². The molecule has 0 spiro atoms. The number of hydrogen-bond donors (Lipinski definition) is 2. The lowest BCUT2D eigenvalue weighted by molar-refractivity contribution is 0.287. The van der Waals surface area contributed by atoms with Crippen molar-refractivity contribution in [2.75, 3.05) is 37.7 Å². The van der Waals surface area contributed by atoms with E-state index in [-0.39, 0.29) is 0 Å². The first-order valence-electron chi connectivity index (χ1n) is 6.14. The SMILES string of the molecule is CC(C)=NCCNCCCSCCCCO. The molecular formula is C12H26N2OS. The van der Waals surface area contributed by atoms with Crippen LogP contribution in [0.4, 0.5) is 0 Å². The minimum absolute atomic E-state index is 0.333. The standard InChI is InChI=1S/C12H26N2OS/c1-12(2)14-8-7-13-6-5-11-16-10-4-3-9-15/h13,15H,3-11H2,1-2H3. The molecule has 0 saturated heterocycles. The molecule has 0 aromatic heterocycles. The zero-order valence-electron chi connectivity index (χ0n) is 10.7. The molecule has 0 saturated carbocycles. The molecule has 0 aromatic carbocycles. The van der Waals surface area contributed by atoms with Gasteiger partial charge in [-0.2, -0.15) is 11.8 Å². The summed E-state index contributed by atoms with van der Waals surface area (Å²) in [7, 11) is 0. The molecule has 0 amide bonds. The van der Waals surface area contributed by atoms with Gasteiger partial charge in [0.2, 0.25) is 0 Å². The molecule has 0 rings (SSSR count). The van der Waals surface area contributed by atoms with E-state index in [4.69, 9.17) is 5.11 Å². The van der Waals surface area contributed by atoms with Gasteiger partial charge in [0, 0.05) is 18.9 Å². The molecule has 0 aliphatic heterocycles. The minimum Gasteiger partial charge on any atom is -0.396 e. The monoisotopic (exact) mass is 246 g/mol. The third kappa shape index (κ3) is 13.9. The van der Waals surface area contributed by atoms with E-state index in [1.807, 2.05) is 25.6 Å². The summed E-state index contributed by atoms with van der Waals surface area (Å²) in [5.41, 5.74) is 1.15. The Hall–Kier alpha value is -0.0600. The van der Waals surface area contributed by atoms with Crippen LogP contribution in [-0.4, -0.2) is 48.6 Å². The molecule has 96 valence electrons. The quantitative estimate of drug-likeness (QED) is 0.433. The summed E-state index contributed by atoms with van der Waals surface area (Å²) in [5.74, 6) is 2.40. The van der Waals surface area contributed by atoms with Crippen molar-refractivity contribution in [1.29, 1.82) is 0 Å². The van der Waals surface area contributed by atoms with Crippen LogP contribution in [0.15, 0.2) is 4.99 Å². The second-order valence-electron chi connectivity index (χ2n) is 3.98. The summed E-state index contributed by atoms with van der Waals surface area (Å²) < 4.78 is 0. The number of thioether (sulfide) groups is 1. The molecule has 3 nitrogen and oxygen atoms in total. The Balaban J connectivity index is 2.96. The second kappa shape index (κ2) is 13.0. The van der Waals surface area contributed by atoms with Crippen molar-refractivity contribution in [3.8, 4) is 0 Å². The number of hydrogen-bond acceptors (Lipinski definition) is 4. The van der Waals surface area contributed by atoms with Gasteiger partial charge in [-0.05, 0) is 51.2 Å². The van der Waals surface area contributed by atoms with Gasteiger partial charge in [0.05, 0.1) is 6.54 Å². The highest BCUT2D eigenvalue weighted by Crippen LogP contribution is 2.05. The molecule has 0 atom stereocenters. The van der Waals surface area contributed by atoms with Gasteiger partial charge in [0.25, 0.3) is 0 Å². The molecule has 0 bridgehead atoms. The molecule has 0 aliphatic carbocycles. The number of aliphatic imine (C=N–C) groups is 1. The normalized spacial score (nSPS) is 10.4. The van der Waals surface area contributed by atoms with Gasteiger partial charge in [0.15, 0.2) is 0 Å². The van der Waals surface area contributed by atoms with E-state index < -0.39 is 0 Å². The fourth-order valence-electron chi connectivity index (χ4n) is 1.20. The number of nitrogens with one attached hydrogen (secondary N) is 1. The molecule has 0 unspecified atom stereocenters. The van der Waals surface area contributed by atoms with E-state index in [0.29, 0.717) is 6.61 Å². The van der Waals surface area contributed by atoms with Gasteiger partial charge < -0.3 is 10.4 Å². The maximum absolute atomic E-state index is 8.60. The average Bonchev–Trinajstić information content (AvgIpc) is 2.25. The molecule has 16 heavy (non-hydrogen) atoms. The van der Waals surface area contributed by atoms with Gasteiger partial charge in [-0.25, -0.2) is 0 Å². The minimum atomic E-state index is 0.333. The number of aliphatic hydroxyl groups excluding tert-OH is 1. The Labute approximate surface area is 104 Å². The number of unbranched alkanes of at least 4 members (excludes halogenated alkanes) is 1. The van der Waals surface area contributed by atoms with Gasteiger partial charge in [-0.1, -0.05) is 0 Å². The smallest absolute Gasteiger partial charge is 0.0513 e. The lowest BCUT2D eigenvalue weighted by atomic mass is 10.4. The first-order chi connectivity index (χ1) is 7.77. The molecule has 2 N–H and O–H groups in total. The molecule has 0 aromatic rings. The van der Waals surface area contributed by atoms with Gasteiger partial charge in [0.1, 0.15) is 0 Å². The fraction of sp³-hybridized carbons (Fsp3) is 0.917. The zero-order valence-corrected chi connectivity index (χ0v) is 11.5. The van der Waals surface area contributed by atoms with Crippen LogP contribution >= 0.6 is 11.8 Å². The predicted molar refractivity (Wildman–Crippen MR) is 74.8 cm³/mol. The summed E-state index contributed by atoms with van der Waals surface area (Å²) in [6.07, 6.45) is 3.30. The Morgan fingerprint density at radius 2 is 1.88 bits per heavy atom. The van der Waals surface area contributed by atoms with Crippen LogP contribution in [0.5, 0.6) is 0 Å². The number of aliphatic hydroxyl groups is 1. The first kappa shape index (κ1) is 15.9. The van der Waals surface area contributed by atoms with E-state index >= 15 is 0 Å². The van der Waals surface area contributed by atoms with Crippen LogP contribution in [-0.2, 0) is 0 Å². The third-order valence-corrected chi connectivity index (χ3v) is 3.21. The van der Waals surface area contributed by atoms with Crippen molar-refractivity contribution in [1.82, 2.24) is 5.32 Å². The highest BCUT2D eigenvalue weighted by molar-refractivity contribution is 7.99. The van der Waals surface area contributed by atoms with Crippen LogP contribution in [0.2, 0.25) is 0 Å². The summed E-state index contributed by atoms with van der Waals surface area (Å²) in [6, 6.07) is 0. The number of nitrogens with zero attached hydrogens (tertiary/aromatic N) is 1. The van der Waals surface area contributed by atoms with Crippen LogP contribution in [0.1, 0.15) is 33.1 Å². The Kier molecular flexibility index (Phi) is 13.0. The van der Waals surface area contributed by atoms with Crippen molar-refractivity contribution in [3.63, 3.8) is 0 Å². The van der Waals surface area contributed by atoms with E-state index in [1.165, 1.54) is 17.9 Å². The van der Waals surface area contributed by atoms with Crippen LogP contribution in [0, 0.1) is 0 Å². The van der Waals surface area contributed by atoms with Crippen molar-refractivity contribution in [3.05, 3.63) is 0 Å². The van der Waals surface area contributed by atoms with Gasteiger partial charge in [-0.15, -0.1) is 0 Å². The summed E-state index contributed by atoms with van der Waals surface area (Å²) in [4.78, 5) is 4.32. The molecule has 4 heteroatoms. The first-order valence-corrected chi connectivity index (χ1v) is 7.30. The Bertz CT molecular complexity index is 170. The molecule has 0 radical (unpaired) electrons. The van der Waals surface area contributed by atoms with E-state index in [2.05, 4.69) is 10.3 Å². The molecule has 0 fully saturated rings. The highest BCUT2D eigenvalue weighted by atomic mass is 32.2. The molecule has 0 heterocycles. The predicted octanol–water partition coefficient (Wildman–Crippen LogP) is 1.95. The number of rotatable bonds is 11. The fourth-order valence-corrected chi connectivity index (χ4v) is 2.16. The topological polar surface area (TPSA) is 44.6 Å². The summed E-state index contributed by atoms with van der Waals surface area (Å²) in [5, 5.41) is 12.0. The largest absolute Gasteiger partial charge is 0.396 e. The van der Waals surface area contributed by atoms with Crippen LogP contribution in [0.25, 0.3) is 0 Å². The van der Waals surface area contributed by atoms with E-state index in [1.54, 1.807) is 0 Å². The second-order valence-corrected chi connectivity index (χ2v) is 5.20. The van der Waals surface area contributed by atoms with Crippen LogP contribution < -0.4 is 5.32 Å². The van der Waals surface area contributed by atoms with Crippen molar-refractivity contribution in [2.45, 2.75) is 33.1 Å². The van der Waals surface area contributed by atoms with E-state index in [0.717, 1.165) is 38.2 Å². The van der Waals surface area contributed by atoms with Crippen molar-refractivity contribution in [2.24, 2.45) is 4.99 Å². The summed E-state index contributed by atoms with van der Waals surface area (Å²) in [6.45, 7) is 7.36. The maximum atomic E-state index is 8.60.